The van der Waals surface area contributed by atoms with Crippen LogP contribution in [0.5, 0.6) is 0 Å². The van der Waals surface area contributed by atoms with E-state index in [1.807, 2.05) is 0 Å². The fraction of sp³-hybridized carbons (Fsp3) is 0.400. The molecule has 1 aliphatic carbocycles. The van der Waals surface area contributed by atoms with Gasteiger partial charge in [-0.3, -0.25) is 0 Å². The zero-order valence-electron chi connectivity index (χ0n) is 7.69. The number of nitrogens with two attached hydrogens (primary N) is 1. The van der Waals surface area contributed by atoms with Crippen molar-refractivity contribution in [2.75, 3.05) is 11.1 Å². The molecule has 1 aliphatic rings. The Hall–Kier alpha value is -0.960. The summed E-state index contributed by atoms with van der Waals surface area (Å²) in [5, 5.41) is 3.26. The molecule has 2 nitrogen and oxygen atoms in total. The molecule has 0 amide bonds. The largest absolute Gasteiger partial charge is 0.397 e. The van der Waals surface area contributed by atoms with Crippen LogP contribution in [0.1, 0.15) is 19.3 Å². The number of benzene rings is 1. The Morgan fingerprint density at radius 1 is 1.43 bits per heavy atom. The molecule has 0 unspecified atom stereocenters. The summed E-state index contributed by atoms with van der Waals surface area (Å²) < 4.78 is 13.1. The first kappa shape index (κ1) is 9.59. The molecule has 0 radical (unpaired) electrons. The highest BCUT2D eigenvalue weighted by atomic mass is 35.5. The molecule has 1 aromatic rings. The van der Waals surface area contributed by atoms with Crippen molar-refractivity contribution in [3.63, 3.8) is 0 Å². The monoisotopic (exact) mass is 214 g/mol. The number of rotatable bonds is 2. The maximum atomic E-state index is 13.1. The molecule has 0 atom stereocenters. The van der Waals surface area contributed by atoms with E-state index in [0.29, 0.717) is 17.4 Å². The molecule has 2 rings (SSSR count). The maximum Gasteiger partial charge on any atom is 0.143 e. The normalized spacial score (nSPS) is 16.4. The minimum absolute atomic E-state index is 0.0710. The molecule has 1 saturated carbocycles. The second-order valence-corrected chi connectivity index (χ2v) is 4.03. The Labute approximate surface area is 87.2 Å². The van der Waals surface area contributed by atoms with Crippen LogP contribution in [0.25, 0.3) is 0 Å². The van der Waals surface area contributed by atoms with E-state index in [-0.39, 0.29) is 5.02 Å². The van der Waals surface area contributed by atoms with Crippen LogP contribution in [0.2, 0.25) is 5.02 Å². The van der Waals surface area contributed by atoms with Gasteiger partial charge < -0.3 is 11.1 Å². The highest BCUT2D eigenvalue weighted by Gasteiger charge is 2.18. The molecule has 0 heterocycles. The molecule has 76 valence electrons. The van der Waals surface area contributed by atoms with Gasteiger partial charge in [-0.1, -0.05) is 11.6 Å². The van der Waals surface area contributed by atoms with Gasteiger partial charge in [0.1, 0.15) is 5.82 Å². The van der Waals surface area contributed by atoms with Crippen LogP contribution in [0.3, 0.4) is 0 Å². The lowest BCUT2D eigenvalue weighted by Gasteiger charge is -2.28. The van der Waals surface area contributed by atoms with Gasteiger partial charge in [0.25, 0.3) is 0 Å². The van der Waals surface area contributed by atoms with Gasteiger partial charge in [-0.2, -0.15) is 0 Å². The zero-order valence-corrected chi connectivity index (χ0v) is 8.44. The first-order valence-electron chi connectivity index (χ1n) is 4.68. The highest BCUT2D eigenvalue weighted by Crippen LogP contribution is 2.30. The van der Waals surface area contributed by atoms with Crippen LogP contribution in [-0.2, 0) is 0 Å². The standard InChI is InChI=1S/C10H12ClFN2/c11-7-4-9(13)10(5-8(7)12)14-6-2-1-3-6/h4-6,14H,1-3,13H2. The first-order chi connectivity index (χ1) is 6.66. The van der Waals surface area contributed by atoms with Crippen LogP contribution in [0.15, 0.2) is 12.1 Å². The Bertz CT molecular complexity index is 350. The molecule has 0 aromatic heterocycles. The van der Waals surface area contributed by atoms with E-state index in [1.165, 1.54) is 18.6 Å². The van der Waals surface area contributed by atoms with Gasteiger partial charge in [0.05, 0.1) is 16.4 Å². The number of anilines is 2. The number of nitrogens with one attached hydrogen (secondary N) is 1. The topological polar surface area (TPSA) is 38.0 Å². The van der Waals surface area contributed by atoms with E-state index in [9.17, 15) is 4.39 Å². The Morgan fingerprint density at radius 2 is 2.14 bits per heavy atom. The van der Waals surface area contributed by atoms with Crippen molar-refractivity contribution in [3.05, 3.63) is 23.0 Å². The number of halogens is 2. The molecule has 1 fully saturated rings. The predicted octanol–water partition coefficient (Wildman–Crippen LogP) is 3.03. The minimum Gasteiger partial charge on any atom is -0.397 e. The summed E-state index contributed by atoms with van der Waals surface area (Å²) >= 11 is 5.59. The van der Waals surface area contributed by atoms with E-state index >= 15 is 0 Å². The van der Waals surface area contributed by atoms with E-state index in [1.54, 1.807) is 0 Å². The Kier molecular flexibility index (Phi) is 2.50. The molecular weight excluding hydrogens is 203 g/mol. The third-order valence-corrected chi connectivity index (χ3v) is 2.85. The summed E-state index contributed by atoms with van der Waals surface area (Å²) in [6.07, 6.45) is 3.49. The van der Waals surface area contributed by atoms with Gasteiger partial charge in [-0.25, -0.2) is 4.39 Å². The molecular formula is C10H12ClFN2. The molecule has 1 aromatic carbocycles. The van der Waals surface area contributed by atoms with Crippen molar-refractivity contribution in [2.45, 2.75) is 25.3 Å². The highest BCUT2D eigenvalue weighted by molar-refractivity contribution is 6.31. The van der Waals surface area contributed by atoms with Crippen LogP contribution < -0.4 is 11.1 Å². The quantitative estimate of drug-likeness (QED) is 0.743. The molecule has 4 heteroatoms. The summed E-state index contributed by atoms with van der Waals surface area (Å²) in [5.74, 6) is -0.428. The van der Waals surface area contributed by atoms with Gasteiger partial charge in [0.2, 0.25) is 0 Å². The summed E-state index contributed by atoms with van der Waals surface area (Å²) in [7, 11) is 0. The van der Waals surface area contributed by atoms with E-state index < -0.39 is 5.82 Å². The van der Waals surface area contributed by atoms with Gasteiger partial charge in [-0.05, 0) is 25.3 Å². The smallest absolute Gasteiger partial charge is 0.143 e. The van der Waals surface area contributed by atoms with Crippen molar-refractivity contribution in [2.24, 2.45) is 0 Å². The molecule has 14 heavy (non-hydrogen) atoms. The molecule has 0 saturated heterocycles. The minimum atomic E-state index is -0.428. The fourth-order valence-electron chi connectivity index (χ4n) is 1.46. The SMILES string of the molecule is Nc1cc(Cl)c(F)cc1NC1CCC1. The second kappa shape index (κ2) is 3.65. The lowest BCUT2D eigenvalue weighted by atomic mass is 9.93. The Balaban J connectivity index is 2.19. The molecule has 3 N–H and O–H groups in total. The van der Waals surface area contributed by atoms with Crippen LogP contribution in [0, 0.1) is 5.82 Å². The van der Waals surface area contributed by atoms with Crippen LogP contribution in [0.4, 0.5) is 15.8 Å². The van der Waals surface area contributed by atoms with Crippen molar-refractivity contribution < 1.29 is 4.39 Å². The van der Waals surface area contributed by atoms with E-state index in [0.717, 1.165) is 12.8 Å². The third kappa shape index (κ3) is 1.77. The summed E-state index contributed by atoms with van der Waals surface area (Å²) in [4.78, 5) is 0. The van der Waals surface area contributed by atoms with Crippen LogP contribution >= 0.6 is 11.6 Å². The maximum absolute atomic E-state index is 13.1. The van der Waals surface area contributed by atoms with Crippen molar-refractivity contribution in [3.8, 4) is 0 Å². The van der Waals surface area contributed by atoms with Crippen molar-refractivity contribution in [1.29, 1.82) is 0 Å². The summed E-state index contributed by atoms with van der Waals surface area (Å²) in [6, 6.07) is 3.24. The van der Waals surface area contributed by atoms with E-state index in [4.69, 9.17) is 17.3 Å². The number of hydrogen-bond donors (Lipinski definition) is 2. The predicted molar refractivity (Wildman–Crippen MR) is 57.1 cm³/mol. The van der Waals surface area contributed by atoms with Gasteiger partial charge in [0.15, 0.2) is 0 Å². The number of nitrogen functional groups attached to an aromatic ring is 1. The van der Waals surface area contributed by atoms with Gasteiger partial charge >= 0.3 is 0 Å². The lowest BCUT2D eigenvalue weighted by Crippen LogP contribution is -2.27. The third-order valence-electron chi connectivity index (χ3n) is 2.56. The molecule has 0 spiro atoms. The number of hydrogen-bond acceptors (Lipinski definition) is 2. The van der Waals surface area contributed by atoms with Crippen LogP contribution in [-0.4, -0.2) is 6.04 Å². The first-order valence-corrected chi connectivity index (χ1v) is 5.05. The summed E-state index contributed by atoms with van der Waals surface area (Å²) in [5.41, 5.74) is 6.86. The van der Waals surface area contributed by atoms with Crippen molar-refractivity contribution in [1.82, 2.24) is 0 Å². The van der Waals surface area contributed by atoms with Gasteiger partial charge in [-0.15, -0.1) is 0 Å². The molecule has 0 aliphatic heterocycles. The zero-order chi connectivity index (χ0) is 10.1. The average Bonchev–Trinajstić information content (AvgIpc) is 2.06. The average molecular weight is 215 g/mol. The lowest BCUT2D eigenvalue weighted by molar-refractivity contribution is 0.445. The second-order valence-electron chi connectivity index (χ2n) is 3.63. The van der Waals surface area contributed by atoms with Gasteiger partial charge in [0, 0.05) is 12.1 Å². The fourth-order valence-corrected chi connectivity index (χ4v) is 1.63. The summed E-state index contributed by atoms with van der Waals surface area (Å²) in [6.45, 7) is 0. The van der Waals surface area contributed by atoms with E-state index in [2.05, 4.69) is 5.32 Å². The Morgan fingerprint density at radius 3 is 2.71 bits per heavy atom. The molecule has 0 bridgehead atoms. The van der Waals surface area contributed by atoms with Crippen molar-refractivity contribution >= 4 is 23.0 Å².